The summed E-state index contributed by atoms with van der Waals surface area (Å²) in [4.78, 5) is 23.9. The second-order valence-corrected chi connectivity index (χ2v) is 8.65. The lowest BCUT2D eigenvalue weighted by atomic mass is 9.90. The molecule has 1 aliphatic rings. The molecule has 214 valence electrons. The van der Waals surface area contributed by atoms with Crippen LogP contribution in [0.3, 0.4) is 0 Å². The zero-order valence-electron chi connectivity index (χ0n) is 21.3. The summed E-state index contributed by atoms with van der Waals surface area (Å²) in [6, 6.07) is 8.63. The number of aromatic nitrogens is 2. The van der Waals surface area contributed by atoms with Gasteiger partial charge in [-0.2, -0.15) is 18.3 Å². The van der Waals surface area contributed by atoms with E-state index in [2.05, 4.69) is 11.7 Å². The fraction of sp³-hybridized carbons (Fsp3) is 0.370. The van der Waals surface area contributed by atoms with Crippen molar-refractivity contribution in [2.24, 2.45) is 0 Å². The van der Waals surface area contributed by atoms with E-state index >= 15 is 0 Å². The van der Waals surface area contributed by atoms with Crippen molar-refractivity contribution in [1.29, 1.82) is 0 Å². The summed E-state index contributed by atoms with van der Waals surface area (Å²) in [6.45, 7) is 2.84. The van der Waals surface area contributed by atoms with Gasteiger partial charge in [-0.15, -0.1) is 6.58 Å². The molecule has 0 saturated heterocycles. The summed E-state index contributed by atoms with van der Waals surface area (Å²) in [6.07, 6.45) is -2.19. The van der Waals surface area contributed by atoms with Gasteiger partial charge >= 0.3 is 18.1 Å². The minimum absolute atomic E-state index is 0.00360. The first-order valence-corrected chi connectivity index (χ1v) is 12.4. The summed E-state index contributed by atoms with van der Waals surface area (Å²) in [5, 5.41) is 13.0. The Bertz CT molecular complexity index is 1300. The molecule has 0 saturated carbocycles. The van der Waals surface area contributed by atoms with Gasteiger partial charge in [-0.05, 0) is 42.8 Å². The molecule has 0 amide bonds. The minimum atomic E-state index is -4.80. The number of carbonyl (C=O) groups is 2. The molecule has 3 heterocycles. The predicted molar refractivity (Wildman–Crippen MR) is 132 cm³/mol. The highest BCUT2D eigenvalue weighted by atomic mass is 19.4. The van der Waals surface area contributed by atoms with Crippen LogP contribution >= 0.6 is 0 Å². The number of fused-ring (bicyclic) bond motifs is 1. The van der Waals surface area contributed by atoms with Crippen LogP contribution < -0.4 is 4.74 Å². The van der Waals surface area contributed by atoms with Gasteiger partial charge in [0.25, 0.3) is 0 Å². The molecule has 0 spiro atoms. The van der Waals surface area contributed by atoms with E-state index in [1.165, 1.54) is 30.5 Å². The number of rotatable bonds is 12. The number of ether oxygens (including phenoxy) is 4. The molecular formula is C27H27F3N2O8. The zero-order chi connectivity index (χ0) is 28.7. The van der Waals surface area contributed by atoms with E-state index in [0.29, 0.717) is 6.42 Å². The molecule has 4 rings (SSSR count). The van der Waals surface area contributed by atoms with Gasteiger partial charge in [0.2, 0.25) is 12.2 Å². The summed E-state index contributed by atoms with van der Waals surface area (Å²) >= 11 is 0. The van der Waals surface area contributed by atoms with Crippen molar-refractivity contribution in [3.63, 3.8) is 0 Å². The first-order valence-electron chi connectivity index (χ1n) is 12.4. The second kappa shape index (κ2) is 12.8. The molecule has 2 aromatic heterocycles. The molecule has 3 aromatic rings. The van der Waals surface area contributed by atoms with Crippen LogP contribution in [0.5, 0.6) is 5.88 Å². The molecular weight excluding hydrogens is 537 g/mol. The van der Waals surface area contributed by atoms with Crippen LogP contribution in [-0.2, 0) is 25.2 Å². The van der Waals surface area contributed by atoms with Gasteiger partial charge in [-0.1, -0.05) is 6.08 Å². The first kappa shape index (κ1) is 28.9. The van der Waals surface area contributed by atoms with Crippen LogP contribution in [0.15, 0.2) is 59.7 Å². The van der Waals surface area contributed by atoms with Crippen LogP contribution in [-0.4, -0.2) is 59.5 Å². The number of nitrogens with zero attached hydrogens (tertiary/aromatic N) is 2. The maximum Gasteiger partial charge on any atom is 0.435 e. The number of carbonyl (C=O) groups excluding carboxylic acids is 2. The van der Waals surface area contributed by atoms with Crippen molar-refractivity contribution in [2.45, 2.75) is 37.6 Å². The van der Waals surface area contributed by atoms with E-state index in [4.69, 9.17) is 28.5 Å². The van der Waals surface area contributed by atoms with E-state index < -0.39 is 36.0 Å². The molecule has 0 radical (unpaired) electrons. The van der Waals surface area contributed by atoms with Gasteiger partial charge in [-0.25, -0.2) is 9.48 Å². The number of hydrogen-bond donors (Lipinski definition) is 1. The lowest BCUT2D eigenvalue weighted by Crippen LogP contribution is -2.31. The Hall–Kier alpha value is -4.10. The van der Waals surface area contributed by atoms with Crippen molar-refractivity contribution in [1.82, 2.24) is 9.78 Å². The Morgan fingerprint density at radius 2 is 1.90 bits per heavy atom. The minimum Gasteiger partial charge on any atom is -0.469 e. The number of aliphatic hydroxyl groups excluding tert-OH is 1. The fourth-order valence-corrected chi connectivity index (χ4v) is 4.15. The largest absolute Gasteiger partial charge is 0.469 e. The molecule has 13 heteroatoms. The van der Waals surface area contributed by atoms with Gasteiger partial charge in [0.05, 0.1) is 42.2 Å². The maximum absolute atomic E-state index is 14.1. The zero-order valence-corrected chi connectivity index (χ0v) is 21.3. The van der Waals surface area contributed by atoms with Crippen molar-refractivity contribution < 1.29 is 51.2 Å². The van der Waals surface area contributed by atoms with Crippen molar-refractivity contribution in [2.75, 3.05) is 26.4 Å². The quantitative estimate of drug-likeness (QED) is 0.194. The van der Waals surface area contributed by atoms with E-state index in [1.54, 1.807) is 18.2 Å². The highest BCUT2D eigenvalue weighted by molar-refractivity contribution is 5.89. The Morgan fingerprint density at radius 3 is 2.55 bits per heavy atom. The Labute approximate surface area is 226 Å². The predicted octanol–water partition coefficient (Wildman–Crippen LogP) is 4.40. The summed E-state index contributed by atoms with van der Waals surface area (Å²) in [5.74, 6) is -1.96. The molecule has 40 heavy (non-hydrogen) atoms. The normalized spacial score (nSPS) is 16.6. The maximum atomic E-state index is 14.1. The van der Waals surface area contributed by atoms with Gasteiger partial charge in [0, 0.05) is 12.8 Å². The van der Waals surface area contributed by atoms with Crippen molar-refractivity contribution >= 4 is 11.9 Å². The number of alkyl halides is 3. The number of halogens is 3. The highest BCUT2D eigenvalue weighted by Crippen LogP contribution is 2.48. The van der Waals surface area contributed by atoms with Crippen LogP contribution in [0.1, 0.15) is 52.6 Å². The summed E-state index contributed by atoms with van der Waals surface area (Å²) in [7, 11) is 0. The number of aliphatic hydroxyl groups is 1. The van der Waals surface area contributed by atoms with E-state index in [0.717, 1.165) is 4.68 Å². The van der Waals surface area contributed by atoms with Crippen LogP contribution in [0.4, 0.5) is 13.2 Å². The smallest absolute Gasteiger partial charge is 0.435 e. The van der Waals surface area contributed by atoms with Crippen molar-refractivity contribution in [3.8, 4) is 11.6 Å². The molecule has 0 unspecified atom stereocenters. The third-order valence-electron chi connectivity index (χ3n) is 5.93. The molecule has 1 N–H and O–H groups in total. The summed E-state index contributed by atoms with van der Waals surface area (Å²) < 4.78 is 70.1. The Kier molecular flexibility index (Phi) is 9.27. The topological polar surface area (TPSA) is 122 Å². The molecule has 0 bridgehead atoms. The van der Waals surface area contributed by atoms with Crippen LogP contribution in [0.2, 0.25) is 0 Å². The molecule has 1 aromatic carbocycles. The molecule has 1 aliphatic heterocycles. The van der Waals surface area contributed by atoms with Gasteiger partial charge in [-0.3, -0.25) is 4.79 Å². The van der Waals surface area contributed by atoms with Crippen molar-refractivity contribution in [3.05, 3.63) is 77.9 Å². The third-order valence-corrected chi connectivity index (χ3v) is 5.93. The molecule has 0 fully saturated rings. The van der Waals surface area contributed by atoms with Crippen LogP contribution in [0.25, 0.3) is 5.69 Å². The first-order chi connectivity index (χ1) is 19.2. The van der Waals surface area contributed by atoms with E-state index in [1.807, 2.05) is 0 Å². The summed E-state index contributed by atoms with van der Waals surface area (Å²) in [5.41, 5.74) is -1.05. The number of allylic oxidation sites excluding steroid dienone is 1. The molecule has 10 nitrogen and oxygen atoms in total. The lowest BCUT2D eigenvalue weighted by Gasteiger charge is -2.30. The number of esters is 2. The number of hydrogen-bond acceptors (Lipinski definition) is 9. The average Bonchev–Trinajstić information content (AvgIpc) is 3.61. The van der Waals surface area contributed by atoms with E-state index in [9.17, 15) is 22.8 Å². The Morgan fingerprint density at radius 1 is 1.15 bits per heavy atom. The molecule has 2 atom stereocenters. The lowest BCUT2D eigenvalue weighted by molar-refractivity contribution is -0.144. The fourth-order valence-electron chi connectivity index (χ4n) is 4.15. The highest BCUT2D eigenvalue weighted by Gasteiger charge is 2.46. The second-order valence-electron chi connectivity index (χ2n) is 8.65. The average molecular weight is 565 g/mol. The molecule has 0 aliphatic carbocycles. The van der Waals surface area contributed by atoms with Crippen LogP contribution in [0, 0.1) is 0 Å². The van der Waals surface area contributed by atoms with Gasteiger partial charge < -0.3 is 28.5 Å². The number of benzene rings is 1. The SMILES string of the molecule is C=CCCC(=O)OCCOC(=O)c1ccc(-n2nc(C(F)(F)F)c3c2O[C@@H](OCCO)C[C@@H]3c2ccco2)cc1. The van der Waals surface area contributed by atoms with Gasteiger partial charge in [0.1, 0.15) is 19.0 Å². The Balaban J connectivity index is 1.56. The van der Waals surface area contributed by atoms with E-state index in [-0.39, 0.29) is 67.7 Å². The monoisotopic (exact) mass is 564 g/mol. The standard InChI is InChI=1S/C27H27F3N2O8/c1-2-3-6-21(34)37-14-15-39-26(35)17-7-9-18(10-8-17)32-25-23(24(31-32)27(28,29)30)19(20-5-4-12-36-20)16-22(40-25)38-13-11-33/h2,4-5,7-10,12,19,22,33H,1,3,6,11,13-16H2/t19-,22-/m1/s1. The number of furan rings is 1. The third kappa shape index (κ3) is 6.72. The van der Waals surface area contributed by atoms with Gasteiger partial charge in [0.15, 0.2) is 5.69 Å².